The molecule has 0 unspecified atom stereocenters. The highest BCUT2D eigenvalue weighted by atomic mass is 19.1. The number of halogens is 1. The smallest absolute Gasteiger partial charge is 0.123 e. The van der Waals surface area contributed by atoms with Crippen molar-refractivity contribution in [2.75, 3.05) is 18.0 Å². The third-order valence-corrected chi connectivity index (χ3v) is 5.71. The van der Waals surface area contributed by atoms with Crippen molar-refractivity contribution in [1.29, 1.82) is 0 Å². The summed E-state index contributed by atoms with van der Waals surface area (Å²) in [4.78, 5) is 6.91. The molecule has 1 aliphatic heterocycles. The number of allylic oxidation sites excluding steroid dienone is 3. The monoisotopic (exact) mass is 457 g/mol. The zero-order chi connectivity index (χ0) is 24.3. The summed E-state index contributed by atoms with van der Waals surface area (Å²) >= 11 is 0. The Bertz CT molecular complexity index is 1150. The van der Waals surface area contributed by atoms with Crippen LogP contribution in [0.4, 0.5) is 10.1 Å². The highest BCUT2D eigenvalue weighted by molar-refractivity contribution is 5.83. The number of aromatic nitrogens is 1. The second kappa shape index (κ2) is 12.9. The van der Waals surface area contributed by atoms with Crippen LogP contribution >= 0.6 is 0 Å². The van der Waals surface area contributed by atoms with Gasteiger partial charge in [0.05, 0.1) is 5.52 Å². The van der Waals surface area contributed by atoms with E-state index in [1.807, 2.05) is 26.0 Å². The largest absolute Gasteiger partial charge is 0.318 e. The molecule has 1 N–H and O–H groups in total. The van der Waals surface area contributed by atoms with Gasteiger partial charge < -0.3 is 10.2 Å². The Morgan fingerprint density at radius 3 is 2.47 bits per heavy atom. The van der Waals surface area contributed by atoms with Crippen LogP contribution in [0.25, 0.3) is 10.9 Å². The predicted octanol–water partition coefficient (Wildman–Crippen LogP) is 7.35. The van der Waals surface area contributed by atoms with E-state index < -0.39 is 0 Å². The number of pyridine rings is 1. The van der Waals surface area contributed by atoms with E-state index in [1.165, 1.54) is 17.7 Å². The highest BCUT2D eigenvalue weighted by Gasteiger charge is 2.12. The van der Waals surface area contributed by atoms with E-state index in [0.29, 0.717) is 0 Å². The van der Waals surface area contributed by atoms with Crippen molar-refractivity contribution in [2.45, 2.75) is 46.5 Å². The fourth-order valence-electron chi connectivity index (χ4n) is 3.91. The molecule has 34 heavy (non-hydrogen) atoms. The van der Waals surface area contributed by atoms with Crippen molar-refractivity contribution in [2.24, 2.45) is 0 Å². The first-order valence-electron chi connectivity index (χ1n) is 12.3. The Morgan fingerprint density at radius 2 is 1.74 bits per heavy atom. The van der Waals surface area contributed by atoms with Crippen LogP contribution in [0.2, 0.25) is 0 Å². The van der Waals surface area contributed by atoms with Crippen LogP contribution in [-0.4, -0.2) is 18.1 Å². The maximum absolute atomic E-state index is 13.1. The number of hydrogen-bond acceptors (Lipinski definition) is 3. The lowest BCUT2D eigenvalue weighted by molar-refractivity contribution is 0.627. The summed E-state index contributed by atoms with van der Waals surface area (Å²) in [5.74, 6) is -0.194. The molecule has 4 rings (SSSR count). The summed E-state index contributed by atoms with van der Waals surface area (Å²) in [7, 11) is 0. The molecule has 0 amide bonds. The third kappa shape index (κ3) is 6.88. The molecule has 3 nitrogen and oxygen atoms in total. The van der Waals surface area contributed by atoms with E-state index in [0.717, 1.165) is 72.3 Å². The molecule has 1 aliphatic rings. The second-order valence-corrected chi connectivity index (χ2v) is 8.20. The average Bonchev–Trinajstić information content (AvgIpc) is 2.87. The van der Waals surface area contributed by atoms with Crippen LogP contribution < -0.4 is 10.2 Å². The Kier molecular flexibility index (Phi) is 9.60. The molecule has 0 bridgehead atoms. The number of aryl methyl sites for hydroxylation is 1. The molecule has 1 aromatic heterocycles. The van der Waals surface area contributed by atoms with Gasteiger partial charge in [0.1, 0.15) is 5.82 Å². The van der Waals surface area contributed by atoms with Gasteiger partial charge in [0, 0.05) is 41.6 Å². The molecule has 0 aliphatic carbocycles. The molecule has 0 spiro atoms. The summed E-state index contributed by atoms with van der Waals surface area (Å²) in [6, 6.07) is 17.3. The van der Waals surface area contributed by atoms with E-state index in [-0.39, 0.29) is 5.82 Å². The lowest BCUT2D eigenvalue weighted by Crippen LogP contribution is -2.18. The first-order chi connectivity index (χ1) is 16.6. The van der Waals surface area contributed by atoms with Gasteiger partial charge in [0.2, 0.25) is 0 Å². The minimum atomic E-state index is -0.194. The van der Waals surface area contributed by atoms with Gasteiger partial charge in [-0.2, -0.15) is 0 Å². The van der Waals surface area contributed by atoms with Crippen LogP contribution in [0.5, 0.6) is 0 Å². The maximum atomic E-state index is 13.1. The Labute approximate surface area is 203 Å². The summed E-state index contributed by atoms with van der Waals surface area (Å²) in [5, 5.41) is 4.55. The fourth-order valence-corrected chi connectivity index (χ4v) is 3.91. The van der Waals surface area contributed by atoms with Gasteiger partial charge in [0.15, 0.2) is 0 Å². The van der Waals surface area contributed by atoms with E-state index in [4.69, 9.17) is 4.98 Å². The van der Waals surface area contributed by atoms with Crippen LogP contribution in [0.1, 0.15) is 44.9 Å². The molecule has 4 heteroatoms. The first-order valence-corrected chi connectivity index (χ1v) is 12.3. The molecule has 0 atom stereocenters. The van der Waals surface area contributed by atoms with Gasteiger partial charge in [-0.3, -0.25) is 4.98 Å². The number of hydrogen-bond donors (Lipinski definition) is 1. The minimum absolute atomic E-state index is 0.194. The van der Waals surface area contributed by atoms with Crippen molar-refractivity contribution < 1.29 is 4.39 Å². The molecular weight excluding hydrogens is 421 g/mol. The second-order valence-electron chi connectivity index (χ2n) is 8.20. The topological polar surface area (TPSA) is 28.2 Å². The zero-order valence-electron chi connectivity index (χ0n) is 20.7. The van der Waals surface area contributed by atoms with E-state index in [1.54, 1.807) is 0 Å². The summed E-state index contributed by atoms with van der Waals surface area (Å²) in [6.07, 6.45) is 10.2. The number of anilines is 1. The van der Waals surface area contributed by atoms with Crippen molar-refractivity contribution >= 4 is 16.6 Å². The normalized spacial score (nSPS) is 13.0. The molecule has 178 valence electrons. The number of fused-ring (bicyclic) bond motifs is 1. The molecular formula is C30H36FN3. The molecule has 3 aromatic rings. The standard InChI is InChI=1S/C28H30FN3.C2H6/c1-3-16-30-17-14-26-11-8-24-20-27(12-13-28(24)31-26)32-18-15-23(19-21(32)2)5-4-22-6-9-25(29)10-7-22;1-2/h6-13,15,18-20,30H,2-5,14,16-17H2,1H3;1-2H3. The van der Waals surface area contributed by atoms with Crippen LogP contribution in [0.3, 0.4) is 0 Å². The third-order valence-electron chi connectivity index (χ3n) is 5.71. The Balaban J connectivity index is 0.00000158. The molecule has 2 aromatic carbocycles. The van der Waals surface area contributed by atoms with E-state index in [9.17, 15) is 4.39 Å². The lowest BCUT2D eigenvalue weighted by Gasteiger charge is -2.25. The lowest BCUT2D eigenvalue weighted by atomic mass is 10.0. The highest BCUT2D eigenvalue weighted by Crippen LogP contribution is 2.28. The van der Waals surface area contributed by atoms with Crippen molar-refractivity contribution in [3.05, 3.63) is 108 Å². The molecule has 0 radical (unpaired) electrons. The molecule has 0 fully saturated rings. The molecule has 2 heterocycles. The summed E-state index contributed by atoms with van der Waals surface area (Å²) in [6.45, 7) is 12.4. The van der Waals surface area contributed by atoms with Crippen molar-refractivity contribution in [3.63, 3.8) is 0 Å². The number of nitrogens with one attached hydrogen (secondary N) is 1. The number of benzene rings is 2. The summed E-state index contributed by atoms with van der Waals surface area (Å²) in [5.41, 5.74) is 6.50. The van der Waals surface area contributed by atoms with Gasteiger partial charge in [-0.05, 0) is 85.5 Å². The fraction of sp³-hybridized carbons (Fsp3) is 0.300. The average molecular weight is 458 g/mol. The van der Waals surface area contributed by atoms with Crippen LogP contribution in [0.15, 0.2) is 90.8 Å². The van der Waals surface area contributed by atoms with Crippen LogP contribution in [0, 0.1) is 5.82 Å². The van der Waals surface area contributed by atoms with Gasteiger partial charge in [-0.15, -0.1) is 0 Å². The predicted molar refractivity (Wildman–Crippen MR) is 144 cm³/mol. The van der Waals surface area contributed by atoms with Crippen molar-refractivity contribution in [1.82, 2.24) is 10.3 Å². The van der Waals surface area contributed by atoms with Crippen molar-refractivity contribution in [3.8, 4) is 0 Å². The van der Waals surface area contributed by atoms with E-state index in [2.05, 4.69) is 72.4 Å². The minimum Gasteiger partial charge on any atom is -0.318 e. The van der Waals surface area contributed by atoms with Gasteiger partial charge in [0.25, 0.3) is 0 Å². The molecule has 0 saturated carbocycles. The SMILES string of the molecule is C=C1C=C(CCc2ccc(F)cc2)C=CN1c1ccc2nc(CCNCCC)ccc2c1.CC. The van der Waals surface area contributed by atoms with Gasteiger partial charge in [-0.25, -0.2) is 4.39 Å². The van der Waals surface area contributed by atoms with E-state index >= 15 is 0 Å². The van der Waals surface area contributed by atoms with Gasteiger partial charge >= 0.3 is 0 Å². The maximum Gasteiger partial charge on any atom is 0.123 e. The Morgan fingerprint density at radius 1 is 0.941 bits per heavy atom. The number of rotatable bonds is 9. The zero-order valence-corrected chi connectivity index (χ0v) is 20.7. The molecule has 0 saturated heterocycles. The number of nitrogens with zero attached hydrogens (tertiary/aromatic N) is 2. The summed E-state index contributed by atoms with van der Waals surface area (Å²) < 4.78 is 13.1. The first kappa shape index (κ1) is 25.4. The van der Waals surface area contributed by atoms with Crippen LogP contribution in [-0.2, 0) is 12.8 Å². The quantitative estimate of drug-likeness (QED) is 0.341. The van der Waals surface area contributed by atoms with Gasteiger partial charge in [-0.1, -0.05) is 45.5 Å². The Hall–Kier alpha value is -3.24.